The van der Waals surface area contributed by atoms with Gasteiger partial charge in [0.2, 0.25) is 0 Å². The van der Waals surface area contributed by atoms with Crippen LogP contribution in [0.15, 0.2) is 0 Å². The van der Waals surface area contributed by atoms with Gasteiger partial charge in [-0.15, -0.1) is 0 Å². The van der Waals surface area contributed by atoms with Crippen molar-refractivity contribution in [3.8, 4) is 0 Å². The molecule has 0 radical (unpaired) electrons. The molecule has 0 bridgehead atoms. The maximum absolute atomic E-state index is 12.0. The molecule has 0 saturated carbocycles. The number of carbonyl (C=O) groups is 2. The Morgan fingerprint density at radius 3 is 0.818 bits per heavy atom. The second-order valence-corrected chi connectivity index (χ2v) is 13.4. The van der Waals surface area contributed by atoms with Crippen LogP contribution in [0.25, 0.3) is 0 Å². The van der Waals surface area contributed by atoms with Crippen molar-refractivity contribution in [2.45, 2.75) is 225 Å². The van der Waals surface area contributed by atoms with Crippen molar-refractivity contribution in [3.63, 3.8) is 0 Å². The number of hydrogen-bond acceptors (Lipinski definition) is 5. The molecule has 5 heteroatoms. The van der Waals surface area contributed by atoms with Crippen molar-refractivity contribution in [2.24, 2.45) is 0 Å². The third-order valence-corrected chi connectivity index (χ3v) is 8.84. The van der Waals surface area contributed by atoms with E-state index in [0.29, 0.717) is 12.8 Å². The fourth-order valence-electron chi connectivity index (χ4n) is 5.85. The third-order valence-electron chi connectivity index (χ3n) is 8.84. The Morgan fingerprint density at radius 2 is 0.591 bits per heavy atom. The summed E-state index contributed by atoms with van der Waals surface area (Å²) in [5.41, 5.74) is 0. The number of unbranched alkanes of at least 4 members (excludes halogenated alkanes) is 28. The Balaban J connectivity index is 3.35. The number of rotatable bonds is 36. The van der Waals surface area contributed by atoms with Crippen LogP contribution in [0.2, 0.25) is 0 Å². The lowest BCUT2D eigenvalue weighted by atomic mass is 10.0. The van der Waals surface area contributed by atoms with Gasteiger partial charge in [0.15, 0.2) is 0 Å². The highest BCUT2D eigenvalue weighted by atomic mass is 16.6. The van der Waals surface area contributed by atoms with Crippen LogP contribution < -0.4 is 0 Å². The molecule has 0 heterocycles. The van der Waals surface area contributed by atoms with E-state index in [1.807, 2.05) is 0 Å². The van der Waals surface area contributed by atoms with Crippen LogP contribution >= 0.6 is 0 Å². The predicted molar refractivity (Wildman–Crippen MR) is 187 cm³/mol. The van der Waals surface area contributed by atoms with Gasteiger partial charge in [0.05, 0.1) is 0 Å². The fraction of sp³-hybridized carbons (Fsp3) is 0.949. The molecule has 0 fully saturated rings. The minimum absolute atomic E-state index is 0.107. The van der Waals surface area contributed by atoms with E-state index in [4.69, 9.17) is 9.47 Å². The summed E-state index contributed by atoms with van der Waals surface area (Å²) in [6.07, 6.45) is 38.7. The number of ether oxygens (including phenoxy) is 2. The van der Waals surface area contributed by atoms with Crippen LogP contribution in [0.3, 0.4) is 0 Å². The normalized spacial score (nSPS) is 12.0. The number of aliphatic hydroxyl groups is 1. The molecule has 0 aromatic rings. The zero-order chi connectivity index (χ0) is 32.2. The zero-order valence-corrected chi connectivity index (χ0v) is 29.7. The molecule has 0 aromatic carbocycles. The molecular weight excluding hydrogens is 548 g/mol. The molecule has 0 rings (SSSR count). The SMILES string of the molecule is CCCCCCCCCCCCCCCCCCCCCC(=O)OCC(O)COC(=O)CCCCCCCCCCCCC. The van der Waals surface area contributed by atoms with Crippen molar-refractivity contribution >= 4 is 11.9 Å². The summed E-state index contributed by atoms with van der Waals surface area (Å²) in [6.45, 7) is 4.32. The van der Waals surface area contributed by atoms with Gasteiger partial charge < -0.3 is 14.6 Å². The molecular formula is C39H76O5. The van der Waals surface area contributed by atoms with Crippen molar-refractivity contribution in [1.82, 2.24) is 0 Å². The van der Waals surface area contributed by atoms with Gasteiger partial charge in [0.25, 0.3) is 0 Å². The minimum atomic E-state index is -0.953. The second kappa shape index (κ2) is 36.4. The fourth-order valence-corrected chi connectivity index (χ4v) is 5.85. The van der Waals surface area contributed by atoms with E-state index >= 15 is 0 Å². The first kappa shape index (κ1) is 42.9. The maximum atomic E-state index is 12.0. The van der Waals surface area contributed by atoms with Crippen LogP contribution in [-0.2, 0) is 19.1 Å². The highest BCUT2D eigenvalue weighted by Crippen LogP contribution is 2.15. The van der Waals surface area contributed by atoms with E-state index in [1.54, 1.807) is 0 Å². The molecule has 0 aliphatic carbocycles. The summed E-state index contributed by atoms with van der Waals surface area (Å²) < 4.78 is 10.3. The Labute approximate surface area is 274 Å². The number of aliphatic hydroxyl groups excluding tert-OH is 1. The molecule has 1 atom stereocenters. The number of hydrogen-bond donors (Lipinski definition) is 1. The molecule has 0 amide bonds. The van der Waals surface area contributed by atoms with E-state index in [0.717, 1.165) is 25.7 Å². The summed E-state index contributed by atoms with van der Waals surface area (Å²) >= 11 is 0. The first-order chi connectivity index (χ1) is 21.6. The Bertz CT molecular complexity index is 593. The lowest BCUT2D eigenvalue weighted by molar-refractivity contribution is -0.152. The van der Waals surface area contributed by atoms with E-state index in [9.17, 15) is 14.7 Å². The summed E-state index contributed by atoms with van der Waals surface area (Å²) in [4.78, 5) is 23.9. The monoisotopic (exact) mass is 625 g/mol. The standard InChI is InChI=1S/C39H76O5/c1-3-5-7-9-11-13-15-16-17-18-19-20-21-22-24-26-28-30-32-34-39(42)44-36-37(40)35-43-38(41)33-31-29-27-25-23-14-12-10-8-6-4-2/h37,40H,3-36H2,1-2H3. The van der Waals surface area contributed by atoms with Crippen molar-refractivity contribution in [3.05, 3.63) is 0 Å². The maximum Gasteiger partial charge on any atom is 0.305 e. The van der Waals surface area contributed by atoms with E-state index < -0.39 is 6.10 Å². The van der Waals surface area contributed by atoms with Gasteiger partial charge in [-0.2, -0.15) is 0 Å². The van der Waals surface area contributed by atoms with E-state index in [1.165, 1.54) is 167 Å². The lowest BCUT2D eigenvalue weighted by Gasteiger charge is -2.12. The van der Waals surface area contributed by atoms with E-state index in [2.05, 4.69) is 13.8 Å². The Kier molecular flexibility index (Phi) is 35.5. The van der Waals surface area contributed by atoms with Crippen molar-refractivity contribution in [2.75, 3.05) is 13.2 Å². The van der Waals surface area contributed by atoms with Gasteiger partial charge in [-0.3, -0.25) is 9.59 Å². The Morgan fingerprint density at radius 1 is 0.386 bits per heavy atom. The molecule has 44 heavy (non-hydrogen) atoms. The summed E-state index contributed by atoms with van der Waals surface area (Å²) in [5.74, 6) is -0.552. The van der Waals surface area contributed by atoms with Crippen LogP contribution in [-0.4, -0.2) is 36.4 Å². The average molecular weight is 625 g/mol. The highest BCUT2D eigenvalue weighted by molar-refractivity contribution is 5.69. The van der Waals surface area contributed by atoms with Crippen LogP contribution in [0.1, 0.15) is 219 Å². The molecule has 0 saturated heterocycles. The third kappa shape index (κ3) is 35.4. The number of esters is 2. The van der Waals surface area contributed by atoms with Gasteiger partial charge in [0.1, 0.15) is 19.3 Å². The van der Waals surface area contributed by atoms with Gasteiger partial charge in [-0.05, 0) is 12.8 Å². The van der Waals surface area contributed by atoms with Crippen LogP contribution in [0.5, 0.6) is 0 Å². The van der Waals surface area contributed by atoms with Crippen LogP contribution in [0, 0.1) is 0 Å². The number of carbonyl (C=O) groups excluding carboxylic acids is 2. The molecule has 0 aliphatic heterocycles. The summed E-state index contributed by atoms with van der Waals surface area (Å²) in [7, 11) is 0. The lowest BCUT2D eigenvalue weighted by Crippen LogP contribution is -2.25. The summed E-state index contributed by atoms with van der Waals surface area (Å²) in [6, 6.07) is 0. The molecule has 0 aromatic heterocycles. The predicted octanol–water partition coefficient (Wildman–Crippen LogP) is 12.0. The quantitative estimate of drug-likeness (QED) is 0.0554. The Hall–Kier alpha value is -1.10. The molecule has 1 N–H and O–H groups in total. The molecule has 1 unspecified atom stereocenters. The molecule has 0 aliphatic rings. The first-order valence-corrected chi connectivity index (χ1v) is 19.6. The molecule has 0 spiro atoms. The highest BCUT2D eigenvalue weighted by Gasteiger charge is 2.12. The topological polar surface area (TPSA) is 72.8 Å². The van der Waals surface area contributed by atoms with Crippen molar-refractivity contribution in [1.29, 1.82) is 0 Å². The first-order valence-electron chi connectivity index (χ1n) is 19.6. The van der Waals surface area contributed by atoms with Gasteiger partial charge in [-0.1, -0.05) is 194 Å². The van der Waals surface area contributed by atoms with Gasteiger partial charge in [0, 0.05) is 12.8 Å². The average Bonchev–Trinajstić information content (AvgIpc) is 3.02. The molecule has 262 valence electrons. The molecule has 5 nitrogen and oxygen atoms in total. The minimum Gasteiger partial charge on any atom is -0.463 e. The summed E-state index contributed by atoms with van der Waals surface area (Å²) in [5, 5.41) is 9.99. The van der Waals surface area contributed by atoms with Crippen molar-refractivity contribution < 1.29 is 24.2 Å². The van der Waals surface area contributed by atoms with E-state index in [-0.39, 0.29) is 25.2 Å². The van der Waals surface area contributed by atoms with Crippen LogP contribution in [0.4, 0.5) is 0 Å². The van der Waals surface area contributed by atoms with Gasteiger partial charge >= 0.3 is 11.9 Å². The zero-order valence-electron chi connectivity index (χ0n) is 29.7. The second-order valence-electron chi connectivity index (χ2n) is 13.4. The smallest absolute Gasteiger partial charge is 0.305 e. The van der Waals surface area contributed by atoms with Gasteiger partial charge in [-0.25, -0.2) is 0 Å². The largest absolute Gasteiger partial charge is 0.463 e.